The molecule has 1 N–H and O–H groups in total. The molecule has 0 aromatic heterocycles. The van der Waals surface area contributed by atoms with Gasteiger partial charge in [0.15, 0.2) is 0 Å². The molecule has 3 nitrogen and oxygen atoms in total. The highest BCUT2D eigenvalue weighted by Gasteiger charge is 2.29. The zero-order chi connectivity index (χ0) is 13.2. The number of fused-ring (bicyclic) bond motifs is 1. The maximum absolute atomic E-state index is 5.95. The third-order valence-corrected chi connectivity index (χ3v) is 4.47. The van der Waals surface area contributed by atoms with Gasteiger partial charge in [-0.1, -0.05) is 15.9 Å². The van der Waals surface area contributed by atoms with E-state index in [4.69, 9.17) is 9.47 Å². The quantitative estimate of drug-likeness (QED) is 0.925. The number of rotatable bonds is 3. The molecule has 2 unspecified atom stereocenters. The van der Waals surface area contributed by atoms with Crippen molar-refractivity contribution in [3.8, 4) is 5.75 Å². The topological polar surface area (TPSA) is 30.5 Å². The van der Waals surface area contributed by atoms with Crippen molar-refractivity contribution >= 4 is 15.9 Å². The summed E-state index contributed by atoms with van der Waals surface area (Å²) in [7, 11) is 2.00. The number of halogens is 1. The van der Waals surface area contributed by atoms with Crippen molar-refractivity contribution < 1.29 is 9.47 Å². The number of hydrogen-bond donors (Lipinski definition) is 1. The van der Waals surface area contributed by atoms with E-state index in [2.05, 4.69) is 33.4 Å². The molecule has 2 heterocycles. The Hall–Kier alpha value is -0.580. The highest BCUT2D eigenvalue weighted by molar-refractivity contribution is 9.10. The number of likely N-dealkylation sites (N-methyl/N-ethyl adjacent to an activating group) is 1. The third-order valence-electron chi connectivity index (χ3n) is 4.01. The Morgan fingerprint density at radius 2 is 2.21 bits per heavy atom. The molecule has 1 aromatic rings. The van der Waals surface area contributed by atoms with Gasteiger partial charge in [-0.15, -0.1) is 0 Å². The molecule has 1 saturated heterocycles. The van der Waals surface area contributed by atoms with Gasteiger partial charge in [-0.05, 0) is 44.0 Å². The van der Waals surface area contributed by atoms with E-state index in [1.54, 1.807) is 0 Å². The van der Waals surface area contributed by atoms with E-state index in [0.717, 1.165) is 36.3 Å². The van der Waals surface area contributed by atoms with Crippen LogP contribution in [-0.2, 0) is 11.2 Å². The fraction of sp³-hybridized carbons (Fsp3) is 0.600. The summed E-state index contributed by atoms with van der Waals surface area (Å²) in [4.78, 5) is 0. The average molecular weight is 326 g/mol. The summed E-state index contributed by atoms with van der Waals surface area (Å²) < 4.78 is 12.9. The van der Waals surface area contributed by atoms with Crippen LogP contribution in [0.4, 0.5) is 0 Å². The van der Waals surface area contributed by atoms with Gasteiger partial charge in [0.25, 0.3) is 0 Å². The van der Waals surface area contributed by atoms with Crippen molar-refractivity contribution in [3.63, 3.8) is 0 Å². The lowest BCUT2D eigenvalue weighted by atomic mass is 9.93. The first-order chi connectivity index (χ1) is 9.29. The number of hydrogen-bond acceptors (Lipinski definition) is 3. The monoisotopic (exact) mass is 325 g/mol. The molecule has 0 bridgehead atoms. The predicted octanol–water partition coefficient (Wildman–Crippen LogP) is 3.21. The van der Waals surface area contributed by atoms with Gasteiger partial charge in [0.2, 0.25) is 0 Å². The van der Waals surface area contributed by atoms with Crippen LogP contribution in [0.15, 0.2) is 16.6 Å². The second-order valence-corrected chi connectivity index (χ2v) is 6.17. The molecule has 0 radical (unpaired) electrons. The molecule has 2 atom stereocenters. The summed E-state index contributed by atoms with van der Waals surface area (Å²) in [5.74, 6) is 1.07. The first-order valence-corrected chi connectivity index (χ1v) is 7.83. The van der Waals surface area contributed by atoms with E-state index in [0.29, 0.717) is 0 Å². The second-order valence-electron chi connectivity index (χ2n) is 5.25. The van der Waals surface area contributed by atoms with Crippen LogP contribution >= 0.6 is 15.9 Å². The fourth-order valence-corrected chi connectivity index (χ4v) is 3.62. The third kappa shape index (κ3) is 2.67. The summed E-state index contributed by atoms with van der Waals surface area (Å²) in [5.41, 5.74) is 2.54. The zero-order valence-electron chi connectivity index (χ0n) is 11.2. The Balaban J connectivity index is 1.94. The summed E-state index contributed by atoms with van der Waals surface area (Å²) in [6.07, 6.45) is 4.80. The Morgan fingerprint density at radius 3 is 2.95 bits per heavy atom. The lowest BCUT2D eigenvalue weighted by Gasteiger charge is -2.31. The van der Waals surface area contributed by atoms with Crippen LogP contribution in [0.5, 0.6) is 5.75 Å². The molecular formula is C15H20BrNO2. The normalized spacial score (nSPS) is 23.8. The lowest BCUT2D eigenvalue weighted by molar-refractivity contribution is -0.00707. The molecule has 104 valence electrons. The van der Waals surface area contributed by atoms with Gasteiger partial charge in [0.1, 0.15) is 5.75 Å². The van der Waals surface area contributed by atoms with E-state index >= 15 is 0 Å². The van der Waals surface area contributed by atoms with Gasteiger partial charge in [0, 0.05) is 23.1 Å². The molecule has 1 fully saturated rings. The first kappa shape index (κ1) is 13.4. The molecule has 0 saturated carbocycles. The van der Waals surface area contributed by atoms with E-state index in [1.807, 2.05) is 7.05 Å². The molecule has 19 heavy (non-hydrogen) atoms. The standard InChI is InChI=1S/C15H20BrNO2/c1-17-14(13-4-2-3-6-18-13)12-9-11(16)8-10-5-7-19-15(10)12/h8-9,13-14,17H,2-7H2,1H3. The lowest BCUT2D eigenvalue weighted by Crippen LogP contribution is -2.34. The zero-order valence-corrected chi connectivity index (χ0v) is 12.8. The maximum atomic E-state index is 5.95. The van der Waals surface area contributed by atoms with Gasteiger partial charge in [-0.25, -0.2) is 0 Å². The van der Waals surface area contributed by atoms with Crippen LogP contribution in [0, 0.1) is 0 Å². The minimum Gasteiger partial charge on any atom is -0.493 e. The fourth-order valence-electron chi connectivity index (χ4n) is 3.10. The number of nitrogens with one attached hydrogen (secondary N) is 1. The molecule has 1 aromatic carbocycles. The number of benzene rings is 1. The van der Waals surface area contributed by atoms with Gasteiger partial charge in [-0.3, -0.25) is 0 Å². The van der Waals surface area contributed by atoms with Crippen LogP contribution in [0.3, 0.4) is 0 Å². The van der Waals surface area contributed by atoms with Crippen molar-refractivity contribution in [2.24, 2.45) is 0 Å². The van der Waals surface area contributed by atoms with Gasteiger partial charge < -0.3 is 14.8 Å². The molecule has 0 spiro atoms. The maximum Gasteiger partial charge on any atom is 0.127 e. The molecule has 0 aliphatic carbocycles. The molecule has 2 aliphatic heterocycles. The molecular weight excluding hydrogens is 306 g/mol. The Morgan fingerprint density at radius 1 is 1.32 bits per heavy atom. The van der Waals surface area contributed by atoms with Crippen molar-refractivity contribution in [2.75, 3.05) is 20.3 Å². The Bertz CT molecular complexity index is 458. The van der Waals surface area contributed by atoms with E-state index in [1.165, 1.54) is 24.0 Å². The number of ether oxygens (including phenoxy) is 2. The SMILES string of the molecule is CNC(c1cc(Br)cc2c1OCC2)C1CCCCO1. The average Bonchev–Trinajstić information content (AvgIpc) is 2.89. The van der Waals surface area contributed by atoms with Crippen LogP contribution in [-0.4, -0.2) is 26.4 Å². The molecule has 4 heteroatoms. The van der Waals surface area contributed by atoms with E-state index in [-0.39, 0.29) is 12.1 Å². The summed E-state index contributed by atoms with van der Waals surface area (Å²) in [5, 5.41) is 3.42. The van der Waals surface area contributed by atoms with E-state index in [9.17, 15) is 0 Å². The first-order valence-electron chi connectivity index (χ1n) is 7.03. The van der Waals surface area contributed by atoms with Crippen molar-refractivity contribution in [1.82, 2.24) is 5.32 Å². The van der Waals surface area contributed by atoms with Gasteiger partial charge >= 0.3 is 0 Å². The summed E-state index contributed by atoms with van der Waals surface area (Å²) in [6, 6.07) is 4.55. The minimum absolute atomic E-state index is 0.213. The largest absolute Gasteiger partial charge is 0.493 e. The molecule has 3 rings (SSSR count). The van der Waals surface area contributed by atoms with Gasteiger partial charge in [0.05, 0.1) is 18.8 Å². The van der Waals surface area contributed by atoms with Crippen molar-refractivity contribution in [3.05, 3.63) is 27.7 Å². The van der Waals surface area contributed by atoms with Gasteiger partial charge in [-0.2, -0.15) is 0 Å². The highest BCUT2D eigenvalue weighted by atomic mass is 79.9. The minimum atomic E-state index is 0.213. The Labute approximate surface area is 122 Å². The highest BCUT2D eigenvalue weighted by Crippen LogP contribution is 2.39. The van der Waals surface area contributed by atoms with Crippen LogP contribution in [0.1, 0.15) is 36.4 Å². The predicted molar refractivity (Wildman–Crippen MR) is 78.7 cm³/mol. The van der Waals surface area contributed by atoms with Crippen LogP contribution in [0.2, 0.25) is 0 Å². The van der Waals surface area contributed by atoms with E-state index < -0.39 is 0 Å². The molecule has 0 amide bonds. The van der Waals surface area contributed by atoms with Crippen LogP contribution < -0.4 is 10.1 Å². The van der Waals surface area contributed by atoms with Crippen LogP contribution in [0.25, 0.3) is 0 Å². The molecule has 2 aliphatic rings. The van der Waals surface area contributed by atoms with Crippen molar-refractivity contribution in [1.29, 1.82) is 0 Å². The van der Waals surface area contributed by atoms with Crippen molar-refractivity contribution in [2.45, 2.75) is 37.8 Å². The Kier molecular flexibility index (Phi) is 4.10. The summed E-state index contributed by atoms with van der Waals surface area (Å²) in [6.45, 7) is 1.67. The second kappa shape index (κ2) is 5.81. The summed E-state index contributed by atoms with van der Waals surface area (Å²) >= 11 is 3.61. The smallest absolute Gasteiger partial charge is 0.127 e.